The van der Waals surface area contributed by atoms with Crippen molar-refractivity contribution in [3.05, 3.63) is 66.5 Å². The largest absolute Gasteiger partial charge is 0.461 e. The monoisotopic (exact) mass is 348 g/mol. The van der Waals surface area contributed by atoms with E-state index in [0.717, 1.165) is 16.5 Å². The Bertz CT molecular complexity index is 905. The molecule has 0 bridgehead atoms. The first-order chi connectivity index (χ1) is 12.8. The molecule has 3 rings (SSSR count). The maximum Gasteiger partial charge on any atom is 0.354 e. The van der Waals surface area contributed by atoms with E-state index in [1.807, 2.05) is 54.6 Å². The zero-order valence-corrected chi connectivity index (χ0v) is 14.6. The van der Waals surface area contributed by atoms with Gasteiger partial charge in [-0.2, -0.15) is 5.10 Å². The highest BCUT2D eigenvalue weighted by atomic mass is 16.5. The number of ether oxygens (including phenoxy) is 1. The fourth-order valence-electron chi connectivity index (χ4n) is 2.54. The number of aromatic nitrogens is 2. The van der Waals surface area contributed by atoms with E-state index < -0.39 is 5.97 Å². The predicted molar refractivity (Wildman–Crippen MR) is 102 cm³/mol. The van der Waals surface area contributed by atoms with E-state index in [2.05, 4.69) is 20.5 Å². The van der Waals surface area contributed by atoms with E-state index >= 15 is 0 Å². The quantitative estimate of drug-likeness (QED) is 0.401. The zero-order valence-electron chi connectivity index (χ0n) is 14.6. The maximum atomic E-state index is 12.2. The lowest BCUT2D eigenvalue weighted by atomic mass is 10.1. The highest BCUT2D eigenvalue weighted by Crippen LogP contribution is 2.18. The molecule has 132 valence electrons. The second kappa shape index (κ2) is 8.71. The number of fused-ring (bicyclic) bond motifs is 1. The topological polar surface area (TPSA) is 76.5 Å². The third kappa shape index (κ3) is 4.42. The molecule has 6 heteroatoms. The minimum atomic E-state index is -0.422. The number of esters is 1. The average Bonchev–Trinajstić information content (AvgIpc) is 2.69. The van der Waals surface area contributed by atoms with Gasteiger partial charge in [0.2, 0.25) is 0 Å². The molecule has 6 nitrogen and oxygen atoms in total. The van der Waals surface area contributed by atoms with Gasteiger partial charge < -0.3 is 4.74 Å². The summed E-state index contributed by atoms with van der Waals surface area (Å²) in [6.45, 7) is 2.08. The van der Waals surface area contributed by atoms with Crippen LogP contribution in [0.3, 0.4) is 0 Å². The van der Waals surface area contributed by atoms with Crippen molar-refractivity contribution >= 4 is 28.4 Å². The number of carbonyl (C=O) groups excluding carboxylic acids is 1. The number of nitrogens with one attached hydrogen (secondary N) is 1. The van der Waals surface area contributed by atoms with Crippen LogP contribution in [0.5, 0.6) is 0 Å². The van der Waals surface area contributed by atoms with Gasteiger partial charge in [0, 0.05) is 11.8 Å². The maximum absolute atomic E-state index is 12.2. The number of hydrazone groups is 1. The summed E-state index contributed by atoms with van der Waals surface area (Å²) in [6, 6.07) is 17.6. The van der Waals surface area contributed by atoms with E-state index in [9.17, 15) is 4.79 Å². The van der Waals surface area contributed by atoms with Gasteiger partial charge in [-0.1, -0.05) is 42.5 Å². The molecule has 0 aliphatic carbocycles. The Morgan fingerprint density at radius 3 is 2.65 bits per heavy atom. The van der Waals surface area contributed by atoms with Crippen molar-refractivity contribution in [3.8, 4) is 0 Å². The molecule has 0 aliphatic rings. The lowest BCUT2D eigenvalue weighted by Gasteiger charge is -2.08. The smallest absolute Gasteiger partial charge is 0.354 e. The van der Waals surface area contributed by atoms with Crippen molar-refractivity contribution in [3.63, 3.8) is 0 Å². The molecule has 0 spiro atoms. The summed E-state index contributed by atoms with van der Waals surface area (Å²) >= 11 is 0. The Hall–Kier alpha value is -3.28. The third-order valence-corrected chi connectivity index (χ3v) is 3.84. The fraction of sp³-hybridized carbons (Fsp3) is 0.200. The van der Waals surface area contributed by atoms with E-state index in [-0.39, 0.29) is 0 Å². The lowest BCUT2D eigenvalue weighted by molar-refractivity contribution is -0.135. The summed E-state index contributed by atoms with van der Waals surface area (Å²) in [5.74, 6) is 0.131. The first-order valence-corrected chi connectivity index (χ1v) is 8.51. The fourth-order valence-corrected chi connectivity index (χ4v) is 2.54. The van der Waals surface area contributed by atoms with Gasteiger partial charge in [0.15, 0.2) is 5.82 Å². The summed E-state index contributed by atoms with van der Waals surface area (Å²) < 4.78 is 5.13. The molecule has 0 radical (unpaired) electrons. The molecule has 2 aromatic carbocycles. The highest BCUT2D eigenvalue weighted by Gasteiger charge is 2.13. The third-order valence-electron chi connectivity index (χ3n) is 3.84. The van der Waals surface area contributed by atoms with E-state index in [1.165, 1.54) is 6.33 Å². The van der Waals surface area contributed by atoms with Crippen molar-refractivity contribution in [2.75, 3.05) is 12.0 Å². The van der Waals surface area contributed by atoms with Crippen LogP contribution in [0.2, 0.25) is 0 Å². The second-order valence-corrected chi connectivity index (χ2v) is 5.62. The number of rotatable bonds is 7. The SMILES string of the molecule is CCOC(=O)C(CCc1ccccc1)=NNc1ncnc2ccccc12. The van der Waals surface area contributed by atoms with Gasteiger partial charge in [0.25, 0.3) is 0 Å². The summed E-state index contributed by atoms with van der Waals surface area (Å²) in [6.07, 6.45) is 2.64. The number of nitrogens with zero attached hydrogens (tertiary/aromatic N) is 3. The van der Waals surface area contributed by atoms with Crippen LogP contribution < -0.4 is 5.43 Å². The van der Waals surface area contributed by atoms with E-state index in [1.54, 1.807) is 6.92 Å². The Labute approximate surface area is 151 Å². The van der Waals surface area contributed by atoms with Gasteiger partial charge in [-0.25, -0.2) is 14.8 Å². The lowest BCUT2D eigenvalue weighted by Crippen LogP contribution is -2.20. The number of para-hydroxylation sites is 1. The second-order valence-electron chi connectivity index (χ2n) is 5.62. The van der Waals surface area contributed by atoms with Crippen LogP contribution in [0.15, 0.2) is 66.0 Å². The number of anilines is 1. The number of benzene rings is 2. The van der Waals surface area contributed by atoms with Crippen molar-refractivity contribution < 1.29 is 9.53 Å². The summed E-state index contributed by atoms with van der Waals surface area (Å²) in [7, 11) is 0. The molecule has 3 aromatic rings. The van der Waals surface area contributed by atoms with Crippen molar-refractivity contribution in [2.24, 2.45) is 5.10 Å². The van der Waals surface area contributed by atoms with Crippen LogP contribution in [0.25, 0.3) is 10.9 Å². The van der Waals surface area contributed by atoms with Crippen molar-refractivity contribution in [1.82, 2.24) is 9.97 Å². The van der Waals surface area contributed by atoms with Crippen LogP contribution >= 0.6 is 0 Å². The molecule has 26 heavy (non-hydrogen) atoms. The molecule has 0 saturated carbocycles. The molecule has 1 N–H and O–H groups in total. The molecule has 0 atom stereocenters. The van der Waals surface area contributed by atoms with Crippen LogP contribution in [0.1, 0.15) is 18.9 Å². The number of carbonyl (C=O) groups is 1. The number of hydrogen-bond acceptors (Lipinski definition) is 6. The van der Waals surface area contributed by atoms with E-state index in [4.69, 9.17) is 4.74 Å². The summed E-state index contributed by atoms with van der Waals surface area (Å²) in [5, 5.41) is 5.12. The van der Waals surface area contributed by atoms with E-state index in [0.29, 0.717) is 31.0 Å². The normalized spacial score (nSPS) is 11.3. The molecular formula is C20H20N4O2. The van der Waals surface area contributed by atoms with Gasteiger partial charge in [0.1, 0.15) is 12.0 Å². The first kappa shape index (κ1) is 17.5. The van der Waals surface area contributed by atoms with Gasteiger partial charge in [0.05, 0.1) is 12.1 Å². The van der Waals surface area contributed by atoms with Crippen molar-refractivity contribution in [2.45, 2.75) is 19.8 Å². The van der Waals surface area contributed by atoms with Crippen LogP contribution in [0, 0.1) is 0 Å². The summed E-state index contributed by atoms with van der Waals surface area (Å²) in [5.41, 5.74) is 5.17. The summed E-state index contributed by atoms with van der Waals surface area (Å²) in [4.78, 5) is 20.7. The Morgan fingerprint density at radius 2 is 1.85 bits per heavy atom. The molecular weight excluding hydrogens is 328 g/mol. The van der Waals surface area contributed by atoms with Gasteiger partial charge in [-0.3, -0.25) is 5.43 Å². The first-order valence-electron chi connectivity index (χ1n) is 8.51. The van der Waals surface area contributed by atoms with Gasteiger partial charge in [-0.05, 0) is 31.0 Å². The zero-order chi connectivity index (χ0) is 18.2. The highest BCUT2D eigenvalue weighted by molar-refractivity contribution is 6.36. The molecule has 0 saturated heterocycles. The molecule has 0 aliphatic heterocycles. The molecule has 0 fully saturated rings. The Kier molecular flexibility index (Phi) is 5.88. The molecule has 1 aromatic heterocycles. The molecule has 1 heterocycles. The number of aryl methyl sites for hydroxylation is 1. The van der Waals surface area contributed by atoms with Crippen LogP contribution in [-0.2, 0) is 16.0 Å². The van der Waals surface area contributed by atoms with Gasteiger partial charge in [-0.15, -0.1) is 0 Å². The predicted octanol–water partition coefficient (Wildman–Crippen LogP) is 3.59. The minimum Gasteiger partial charge on any atom is -0.461 e. The Morgan fingerprint density at radius 1 is 1.08 bits per heavy atom. The molecule has 0 amide bonds. The van der Waals surface area contributed by atoms with Crippen LogP contribution in [-0.4, -0.2) is 28.3 Å². The van der Waals surface area contributed by atoms with Gasteiger partial charge >= 0.3 is 5.97 Å². The van der Waals surface area contributed by atoms with Crippen LogP contribution in [0.4, 0.5) is 5.82 Å². The van der Waals surface area contributed by atoms with Crippen molar-refractivity contribution in [1.29, 1.82) is 0 Å². The number of hydrogen-bond donors (Lipinski definition) is 1. The Balaban J connectivity index is 1.80. The standard InChI is InChI=1S/C20H20N4O2/c1-2-26-20(25)18(13-12-15-8-4-3-5-9-15)23-24-19-16-10-6-7-11-17(16)21-14-22-19/h3-11,14H,2,12-13H2,1H3,(H,21,22,24). The minimum absolute atomic E-state index is 0.305. The average molecular weight is 348 g/mol. The molecule has 0 unspecified atom stereocenters.